The maximum atomic E-state index is 12.2. The predicted molar refractivity (Wildman–Crippen MR) is 91.8 cm³/mol. The molecular weight excluding hydrogens is 272 g/mol. The number of amides is 1. The average molecular weight is 302 g/mol. The highest BCUT2D eigenvalue weighted by Gasteiger charge is 2.17. The van der Waals surface area contributed by atoms with E-state index >= 15 is 0 Å². The fourth-order valence-electron chi connectivity index (χ4n) is 3.22. The summed E-state index contributed by atoms with van der Waals surface area (Å²) >= 11 is 0. The van der Waals surface area contributed by atoms with E-state index in [4.69, 9.17) is 0 Å². The summed E-state index contributed by atoms with van der Waals surface area (Å²) in [6.45, 7) is 4.38. The van der Waals surface area contributed by atoms with Crippen LogP contribution in [-0.4, -0.2) is 25.0 Å². The highest BCUT2D eigenvalue weighted by Crippen LogP contribution is 2.15. The Kier molecular flexibility index (Phi) is 7.44. The molecule has 1 amide bonds. The van der Waals surface area contributed by atoms with Gasteiger partial charge in [0.15, 0.2) is 0 Å². The lowest BCUT2D eigenvalue weighted by Gasteiger charge is -2.19. The molecule has 1 aliphatic rings. The van der Waals surface area contributed by atoms with Crippen LogP contribution in [0.1, 0.15) is 51.0 Å². The van der Waals surface area contributed by atoms with Crippen molar-refractivity contribution in [1.82, 2.24) is 10.6 Å². The number of carbonyl (C=O) groups excluding carboxylic acids is 1. The molecule has 0 aromatic heterocycles. The lowest BCUT2D eigenvalue weighted by atomic mass is 10.00. The lowest BCUT2D eigenvalue weighted by Crippen LogP contribution is -2.35. The zero-order chi connectivity index (χ0) is 15.6. The highest BCUT2D eigenvalue weighted by molar-refractivity contribution is 5.76. The number of benzene rings is 1. The third kappa shape index (κ3) is 6.18. The molecule has 0 radical (unpaired) electrons. The Hall–Kier alpha value is -1.35. The van der Waals surface area contributed by atoms with E-state index in [-0.39, 0.29) is 5.91 Å². The number of rotatable bonds is 9. The van der Waals surface area contributed by atoms with E-state index in [0.29, 0.717) is 18.4 Å². The minimum atomic E-state index is 0.235. The van der Waals surface area contributed by atoms with Gasteiger partial charge < -0.3 is 10.6 Å². The Morgan fingerprint density at radius 1 is 1.32 bits per heavy atom. The SMILES string of the molecule is CCCC(CCc1ccccc1)NC(=O)CCC1CCNC1. The van der Waals surface area contributed by atoms with E-state index in [1.807, 2.05) is 6.07 Å². The highest BCUT2D eigenvalue weighted by atomic mass is 16.1. The zero-order valence-electron chi connectivity index (χ0n) is 13.8. The molecule has 0 aliphatic carbocycles. The van der Waals surface area contributed by atoms with Crippen molar-refractivity contribution >= 4 is 5.91 Å². The first-order valence-corrected chi connectivity index (χ1v) is 8.82. The van der Waals surface area contributed by atoms with E-state index < -0.39 is 0 Å². The summed E-state index contributed by atoms with van der Waals surface area (Å²) in [6, 6.07) is 10.9. The van der Waals surface area contributed by atoms with Crippen LogP contribution in [-0.2, 0) is 11.2 Å². The number of nitrogens with one attached hydrogen (secondary N) is 2. The molecule has 122 valence electrons. The second-order valence-corrected chi connectivity index (χ2v) is 6.47. The summed E-state index contributed by atoms with van der Waals surface area (Å²) in [5.74, 6) is 0.929. The zero-order valence-corrected chi connectivity index (χ0v) is 13.8. The number of hydrogen-bond acceptors (Lipinski definition) is 2. The molecule has 3 nitrogen and oxygen atoms in total. The van der Waals surface area contributed by atoms with Gasteiger partial charge in [0, 0.05) is 12.5 Å². The van der Waals surface area contributed by atoms with Crippen LogP contribution in [0.4, 0.5) is 0 Å². The predicted octanol–water partition coefficient (Wildman–Crippen LogP) is 3.29. The van der Waals surface area contributed by atoms with Gasteiger partial charge in [-0.3, -0.25) is 4.79 Å². The topological polar surface area (TPSA) is 41.1 Å². The van der Waals surface area contributed by atoms with Crippen LogP contribution in [0, 0.1) is 5.92 Å². The van der Waals surface area contributed by atoms with E-state index in [2.05, 4.69) is 41.8 Å². The van der Waals surface area contributed by atoms with Crippen molar-refractivity contribution in [2.75, 3.05) is 13.1 Å². The number of carbonyl (C=O) groups is 1. The van der Waals surface area contributed by atoms with Crippen molar-refractivity contribution in [2.45, 2.75) is 57.9 Å². The van der Waals surface area contributed by atoms with Crippen molar-refractivity contribution < 1.29 is 4.79 Å². The van der Waals surface area contributed by atoms with Crippen LogP contribution in [0.15, 0.2) is 30.3 Å². The smallest absolute Gasteiger partial charge is 0.220 e. The van der Waals surface area contributed by atoms with Crippen LogP contribution >= 0.6 is 0 Å². The molecule has 1 aliphatic heterocycles. The van der Waals surface area contributed by atoms with Gasteiger partial charge in [-0.2, -0.15) is 0 Å². The molecule has 1 fully saturated rings. The second kappa shape index (κ2) is 9.62. The Morgan fingerprint density at radius 2 is 2.14 bits per heavy atom. The van der Waals surface area contributed by atoms with Crippen molar-refractivity contribution in [1.29, 1.82) is 0 Å². The van der Waals surface area contributed by atoms with Gasteiger partial charge in [0.05, 0.1) is 0 Å². The fraction of sp³-hybridized carbons (Fsp3) is 0.632. The molecule has 0 saturated carbocycles. The molecule has 0 bridgehead atoms. The van der Waals surface area contributed by atoms with Gasteiger partial charge >= 0.3 is 0 Å². The summed E-state index contributed by atoms with van der Waals surface area (Å²) in [4.78, 5) is 12.2. The summed E-state index contributed by atoms with van der Waals surface area (Å²) in [7, 11) is 0. The molecule has 3 heteroatoms. The standard InChI is InChI=1S/C19H30N2O/c1-2-6-18(11-9-16-7-4-3-5-8-16)21-19(22)12-10-17-13-14-20-15-17/h3-5,7-8,17-18,20H,2,6,9-15H2,1H3,(H,21,22). The van der Waals surface area contributed by atoms with Crippen LogP contribution in [0.5, 0.6) is 0 Å². The van der Waals surface area contributed by atoms with Crippen LogP contribution in [0.2, 0.25) is 0 Å². The molecule has 0 spiro atoms. The Bertz CT molecular complexity index is 426. The van der Waals surface area contributed by atoms with Crippen LogP contribution in [0.25, 0.3) is 0 Å². The van der Waals surface area contributed by atoms with Crippen LogP contribution < -0.4 is 10.6 Å². The van der Waals surface area contributed by atoms with Gasteiger partial charge in [-0.25, -0.2) is 0 Å². The Labute approximate surface area is 134 Å². The van der Waals surface area contributed by atoms with Gasteiger partial charge in [-0.15, -0.1) is 0 Å². The molecule has 2 N–H and O–H groups in total. The monoisotopic (exact) mass is 302 g/mol. The van der Waals surface area contributed by atoms with E-state index in [1.54, 1.807) is 0 Å². The number of aryl methyl sites for hydroxylation is 1. The largest absolute Gasteiger partial charge is 0.353 e. The Balaban J connectivity index is 1.71. The number of hydrogen-bond donors (Lipinski definition) is 2. The second-order valence-electron chi connectivity index (χ2n) is 6.47. The summed E-state index contributed by atoms with van der Waals surface area (Å²) in [5.41, 5.74) is 1.36. The maximum absolute atomic E-state index is 12.2. The normalized spacial score (nSPS) is 19.0. The first-order chi connectivity index (χ1) is 10.8. The lowest BCUT2D eigenvalue weighted by molar-refractivity contribution is -0.122. The van der Waals surface area contributed by atoms with E-state index in [1.165, 1.54) is 12.0 Å². The Morgan fingerprint density at radius 3 is 2.82 bits per heavy atom. The fourth-order valence-corrected chi connectivity index (χ4v) is 3.22. The van der Waals surface area contributed by atoms with Crippen LogP contribution in [0.3, 0.4) is 0 Å². The summed E-state index contributed by atoms with van der Waals surface area (Å²) < 4.78 is 0. The molecule has 1 aromatic carbocycles. The molecule has 1 heterocycles. The van der Waals surface area contributed by atoms with Crippen molar-refractivity contribution in [3.63, 3.8) is 0 Å². The maximum Gasteiger partial charge on any atom is 0.220 e. The third-order valence-electron chi connectivity index (χ3n) is 4.57. The van der Waals surface area contributed by atoms with Gasteiger partial charge in [-0.1, -0.05) is 43.7 Å². The first kappa shape index (κ1) is 17.0. The molecular formula is C19H30N2O. The molecule has 1 aromatic rings. The van der Waals surface area contributed by atoms with Gasteiger partial charge in [0.2, 0.25) is 5.91 Å². The van der Waals surface area contributed by atoms with Gasteiger partial charge in [0.1, 0.15) is 0 Å². The minimum Gasteiger partial charge on any atom is -0.353 e. The van der Waals surface area contributed by atoms with E-state index in [0.717, 1.165) is 45.2 Å². The summed E-state index contributed by atoms with van der Waals surface area (Å²) in [6.07, 6.45) is 7.19. The molecule has 2 rings (SSSR count). The van der Waals surface area contributed by atoms with Gasteiger partial charge in [0.25, 0.3) is 0 Å². The average Bonchev–Trinajstić information content (AvgIpc) is 3.05. The van der Waals surface area contributed by atoms with Gasteiger partial charge in [-0.05, 0) is 56.7 Å². The summed E-state index contributed by atoms with van der Waals surface area (Å²) in [5, 5.41) is 6.62. The van der Waals surface area contributed by atoms with Crippen molar-refractivity contribution in [3.8, 4) is 0 Å². The molecule has 1 saturated heterocycles. The first-order valence-electron chi connectivity index (χ1n) is 8.82. The van der Waals surface area contributed by atoms with Crippen molar-refractivity contribution in [2.24, 2.45) is 5.92 Å². The quantitative estimate of drug-likeness (QED) is 0.735. The molecule has 2 atom stereocenters. The molecule has 22 heavy (non-hydrogen) atoms. The third-order valence-corrected chi connectivity index (χ3v) is 4.57. The minimum absolute atomic E-state index is 0.235. The van der Waals surface area contributed by atoms with Crippen molar-refractivity contribution in [3.05, 3.63) is 35.9 Å². The molecule has 2 unspecified atom stereocenters. The van der Waals surface area contributed by atoms with E-state index in [9.17, 15) is 4.79 Å².